The number of nitrogens with one attached hydrogen (secondary N) is 1. The monoisotopic (exact) mass is 360 g/mol. The molecule has 0 aromatic heterocycles. The van der Waals surface area contributed by atoms with Gasteiger partial charge in [0.05, 0.1) is 0 Å². The summed E-state index contributed by atoms with van der Waals surface area (Å²) in [6.07, 6.45) is 2.31. The molecule has 1 aliphatic rings. The second-order valence-electron chi connectivity index (χ2n) is 5.33. The number of amides is 1. The predicted molar refractivity (Wildman–Crippen MR) is 88.7 cm³/mol. The quantitative estimate of drug-likeness (QED) is 0.896. The van der Waals surface area contributed by atoms with E-state index < -0.39 is 0 Å². The molecule has 0 aliphatic carbocycles. The van der Waals surface area contributed by atoms with E-state index in [0.29, 0.717) is 5.92 Å². The first-order valence-corrected chi connectivity index (χ1v) is 7.60. The van der Waals surface area contributed by atoms with Gasteiger partial charge in [-0.1, -0.05) is 15.9 Å². The summed E-state index contributed by atoms with van der Waals surface area (Å²) < 4.78 is 0.972. The molecule has 1 N–H and O–H groups in total. The molecule has 3 nitrogen and oxygen atoms in total. The summed E-state index contributed by atoms with van der Waals surface area (Å²) in [5, 5.41) is 3.21. The van der Waals surface area contributed by atoms with Gasteiger partial charge in [0.25, 0.3) is 5.91 Å². The van der Waals surface area contributed by atoms with Gasteiger partial charge in [0.1, 0.15) is 0 Å². The highest BCUT2D eigenvalue weighted by molar-refractivity contribution is 9.10. The van der Waals surface area contributed by atoms with E-state index in [1.54, 1.807) is 0 Å². The molecule has 20 heavy (non-hydrogen) atoms. The van der Waals surface area contributed by atoms with Crippen molar-refractivity contribution >= 4 is 34.2 Å². The Kier molecular flexibility index (Phi) is 7.00. The molecule has 1 amide bonds. The van der Waals surface area contributed by atoms with E-state index in [-0.39, 0.29) is 18.3 Å². The lowest BCUT2D eigenvalue weighted by Crippen LogP contribution is -2.42. The van der Waals surface area contributed by atoms with Gasteiger partial charge < -0.3 is 10.2 Å². The molecule has 0 radical (unpaired) electrons. The fraction of sp³-hybridized carbons (Fsp3) is 0.533. The molecule has 1 unspecified atom stereocenters. The van der Waals surface area contributed by atoms with E-state index >= 15 is 0 Å². The van der Waals surface area contributed by atoms with Crippen molar-refractivity contribution in [3.63, 3.8) is 0 Å². The fourth-order valence-electron chi connectivity index (χ4n) is 2.75. The Balaban J connectivity index is 0.00000200. The first-order valence-electron chi connectivity index (χ1n) is 6.81. The zero-order valence-corrected chi connectivity index (χ0v) is 14.4. The highest BCUT2D eigenvalue weighted by Gasteiger charge is 2.24. The summed E-state index contributed by atoms with van der Waals surface area (Å²) in [4.78, 5) is 14.5. The van der Waals surface area contributed by atoms with Gasteiger partial charge in [0.2, 0.25) is 0 Å². The van der Waals surface area contributed by atoms with Crippen molar-refractivity contribution in [3.05, 3.63) is 33.8 Å². The van der Waals surface area contributed by atoms with Crippen molar-refractivity contribution in [1.29, 1.82) is 0 Å². The van der Waals surface area contributed by atoms with Crippen LogP contribution in [0, 0.1) is 12.8 Å². The van der Waals surface area contributed by atoms with Gasteiger partial charge in [-0.2, -0.15) is 0 Å². The average molecular weight is 362 g/mol. The number of piperidine rings is 1. The van der Waals surface area contributed by atoms with Crippen molar-refractivity contribution in [3.8, 4) is 0 Å². The molecule has 5 heteroatoms. The Morgan fingerprint density at radius 2 is 2.20 bits per heavy atom. The third-order valence-corrected chi connectivity index (χ3v) is 4.05. The maximum Gasteiger partial charge on any atom is 0.253 e. The third kappa shape index (κ3) is 4.47. The predicted octanol–water partition coefficient (Wildman–Crippen LogP) is 3.25. The van der Waals surface area contributed by atoms with Crippen LogP contribution in [0.4, 0.5) is 0 Å². The minimum Gasteiger partial charge on any atom is -0.338 e. The summed E-state index contributed by atoms with van der Waals surface area (Å²) in [5.74, 6) is 0.737. The van der Waals surface area contributed by atoms with Gasteiger partial charge in [-0.3, -0.25) is 4.79 Å². The molecule has 1 aromatic rings. The van der Waals surface area contributed by atoms with Crippen LogP contribution in [0.5, 0.6) is 0 Å². The topological polar surface area (TPSA) is 32.3 Å². The van der Waals surface area contributed by atoms with Crippen molar-refractivity contribution in [1.82, 2.24) is 10.2 Å². The van der Waals surface area contributed by atoms with Crippen molar-refractivity contribution in [2.24, 2.45) is 5.92 Å². The number of nitrogens with zero attached hydrogens (tertiary/aromatic N) is 1. The van der Waals surface area contributed by atoms with Crippen molar-refractivity contribution in [2.45, 2.75) is 19.8 Å². The lowest BCUT2D eigenvalue weighted by molar-refractivity contribution is 0.0674. The Bertz CT molecular complexity index is 445. The van der Waals surface area contributed by atoms with Crippen LogP contribution in [-0.2, 0) is 0 Å². The minimum atomic E-state index is 0. The molecule has 0 bridgehead atoms. The van der Waals surface area contributed by atoms with Crippen molar-refractivity contribution in [2.75, 3.05) is 26.7 Å². The zero-order valence-electron chi connectivity index (χ0n) is 12.0. The molecule has 1 atom stereocenters. The summed E-state index contributed by atoms with van der Waals surface area (Å²) in [6.45, 7) is 4.75. The van der Waals surface area contributed by atoms with Crippen molar-refractivity contribution < 1.29 is 4.79 Å². The molecule has 1 fully saturated rings. The molecular formula is C15H22BrClN2O. The number of hydrogen-bond acceptors (Lipinski definition) is 2. The van der Waals surface area contributed by atoms with E-state index in [1.165, 1.54) is 6.42 Å². The van der Waals surface area contributed by atoms with Crippen LogP contribution < -0.4 is 5.32 Å². The zero-order chi connectivity index (χ0) is 13.8. The molecule has 1 saturated heterocycles. The molecule has 0 spiro atoms. The maximum absolute atomic E-state index is 12.5. The Morgan fingerprint density at radius 1 is 1.45 bits per heavy atom. The number of aryl methyl sites for hydroxylation is 1. The first-order chi connectivity index (χ1) is 9.10. The normalized spacial score (nSPS) is 18.6. The Hall–Kier alpha value is -0.580. The van der Waals surface area contributed by atoms with Crippen LogP contribution in [-0.4, -0.2) is 37.5 Å². The van der Waals surface area contributed by atoms with E-state index in [2.05, 4.69) is 21.2 Å². The van der Waals surface area contributed by atoms with E-state index in [4.69, 9.17) is 0 Å². The van der Waals surface area contributed by atoms with Gasteiger partial charge in [-0.05, 0) is 63.0 Å². The van der Waals surface area contributed by atoms with Gasteiger partial charge in [-0.15, -0.1) is 12.4 Å². The molecule has 1 heterocycles. The molecule has 1 aliphatic heterocycles. The summed E-state index contributed by atoms with van der Waals surface area (Å²) in [6, 6.07) is 5.91. The number of benzene rings is 1. The van der Waals surface area contributed by atoms with Gasteiger partial charge in [0.15, 0.2) is 0 Å². The van der Waals surface area contributed by atoms with Gasteiger partial charge >= 0.3 is 0 Å². The Labute approximate surface area is 135 Å². The number of rotatable bonds is 3. The largest absolute Gasteiger partial charge is 0.338 e. The van der Waals surface area contributed by atoms with Gasteiger partial charge in [-0.25, -0.2) is 0 Å². The Morgan fingerprint density at radius 3 is 2.85 bits per heavy atom. The third-order valence-electron chi connectivity index (χ3n) is 3.59. The van der Waals surface area contributed by atoms with Crippen LogP contribution in [0.2, 0.25) is 0 Å². The number of carbonyl (C=O) groups is 1. The standard InChI is InChI=1S/C15H21BrN2O.ClH/c1-11-6-13(8-14(16)7-11)15(19)18-5-3-4-12(10-18)9-17-2;/h6-8,12,17H,3-5,9-10H2,1-2H3;1H. The SMILES string of the molecule is CNCC1CCCN(C(=O)c2cc(C)cc(Br)c2)C1.Cl. The summed E-state index contributed by atoms with van der Waals surface area (Å²) in [7, 11) is 1.97. The molecular weight excluding hydrogens is 340 g/mol. The maximum atomic E-state index is 12.5. The average Bonchev–Trinajstić information content (AvgIpc) is 2.37. The van der Waals surface area contributed by atoms with Gasteiger partial charge in [0, 0.05) is 23.1 Å². The second-order valence-corrected chi connectivity index (χ2v) is 6.25. The van der Waals surface area contributed by atoms with E-state index in [9.17, 15) is 4.79 Å². The highest BCUT2D eigenvalue weighted by Crippen LogP contribution is 2.21. The number of likely N-dealkylation sites (tertiary alicyclic amines) is 1. The van der Waals surface area contributed by atoms with E-state index in [1.807, 2.05) is 37.1 Å². The molecule has 112 valence electrons. The van der Waals surface area contributed by atoms with Crippen LogP contribution >= 0.6 is 28.3 Å². The molecule has 2 rings (SSSR count). The number of hydrogen-bond donors (Lipinski definition) is 1. The number of carbonyl (C=O) groups excluding carboxylic acids is 1. The lowest BCUT2D eigenvalue weighted by Gasteiger charge is -2.32. The molecule has 1 aromatic carbocycles. The van der Waals surface area contributed by atoms with Crippen LogP contribution in [0.15, 0.2) is 22.7 Å². The lowest BCUT2D eigenvalue weighted by atomic mass is 9.97. The fourth-order valence-corrected chi connectivity index (χ4v) is 3.35. The van der Waals surface area contributed by atoms with Crippen LogP contribution in [0.3, 0.4) is 0 Å². The smallest absolute Gasteiger partial charge is 0.253 e. The first kappa shape index (κ1) is 17.5. The highest BCUT2D eigenvalue weighted by atomic mass is 79.9. The van der Waals surface area contributed by atoms with Crippen LogP contribution in [0.25, 0.3) is 0 Å². The summed E-state index contributed by atoms with van der Waals surface area (Å²) in [5.41, 5.74) is 1.90. The molecule has 0 saturated carbocycles. The second kappa shape index (κ2) is 8.01. The summed E-state index contributed by atoms with van der Waals surface area (Å²) >= 11 is 3.46. The minimum absolute atomic E-state index is 0. The van der Waals surface area contributed by atoms with Crippen LogP contribution in [0.1, 0.15) is 28.8 Å². The van der Waals surface area contributed by atoms with E-state index in [0.717, 1.165) is 41.7 Å². The number of halogens is 2.